The summed E-state index contributed by atoms with van der Waals surface area (Å²) in [5.41, 5.74) is 0. The Morgan fingerprint density at radius 1 is 1.22 bits per heavy atom. The number of piperidine rings is 1. The third kappa shape index (κ3) is 7.95. The molecule has 18 heavy (non-hydrogen) atoms. The summed E-state index contributed by atoms with van der Waals surface area (Å²) in [5, 5.41) is 3.41. The van der Waals surface area contributed by atoms with Gasteiger partial charge in [0.1, 0.15) is 6.61 Å². The van der Waals surface area contributed by atoms with Crippen molar-refractivity contribution >= 4 is 0 Å². The van der Waals surface area contributed by atoms with E-state index in [4.69, 9.17) is 4.74 Å². The maximum absolute atomic E-state index is 11.8. The molecular formula is C13H26F2N2O. The van der Waals surface area contributed by atoms with E-state index in [1.54, 1.807) is 0 Å². The van der Waals surface area contributed by atoms with Crippen molar-refractivity contribution in [1.29, 1.82) is 0 Å². The summed E-state index contributed by atoms with van der Waals surface area (Å²) in [6.07, 6.45) is 2.43. The topological polar surface area (TPSA) is 24.5 Å². The fraction of sp³-hybridized carbons (Fsp3) is 1.00. The van der Waals surface area contributed by atoms with Crippen molar-refractivity contribution in [2.45, 2.75) is 45.1 Å². The monoisotopic (exact) mass is 264 g/mol. The molecule has 1 aliphatic heterocycles. The quantitative estimate of drug-likeness (QED) is 0.646. The third-order valence-corrected chi connectivity index (χ3v) is 3.18. The molecule has 5 heteroatoms. The first-order chi connectivity index (χ1) is 8.68. The minimum absolute atomic E-state index is 0.410. The lowest BCUT2D eigenvalue weighted by atomic mass is 10.1. The van der Waals surface area contributed by atoms with Gasteiger partial charge in [-0.2, -0.15) is 0 Å². The maximum atomic E-state index is 11.8. The molecule has 0 bridgehead atoms. The number of ether oxygens (including phenoxy) is 1. The van der Waals surface area contributed by atoms with Gasteiger partial charge in [0, 0.05) is 19.2 Å². The van der Waals surface area contributed by atoms with E-state index < -0.39 is 13.0 Å². The van der Waals surface area contributed by atoms with E-state index in [-0.39, 0.29) is 0 Å². The minimum atomic E-state index is -2.35. The van der Waals surface area contributed by atoms with E-state index in [1.165, 1.54) is 32.4 Å². The first-order valence-corrected chi connectivity index (χ1v) is 7.00. The molecule has 0 amide bonds. The van der Waals surface area contributed by atoms with Crippen LogP contribution in [0.15, 0.2) is 0 Å². The van der Waals surface area contributed by atoms with Gasteiger partial charge in [-0.25, -0.2) is 8.78 Å². The molecule has 0 saturated carbocycles. The molecule has 0 spiro atoms. The molecule has 1 aliphatic rings. The minimum Gasteiger partial charge on any atom is -0.375 e. The predicted octanol–water partition coefficient (Wildman–Crippen LogP) is 2.12. The summed E-state index contributed by atoms with van der Waals surface area (Å²) < 4.78 is 28.4. The maximum Gasteiger partial charge on any atom is 0.261 e. The Labute approximate surface area is 109 Å². The van der Waals surface area contributed by atoms with E-state index >= 15 is 0 Å². The molecule has 0 aliphatic carbocycles. The Morgan fingerprint density at radius 2 is 1.94 bits per heavy atom. The van der Waals surface area contributed by atoms with Gasteiger partial charge in [0.15, 0.2) is 0 Å². The van der Waals surface area contributed by atoms with Gasteiger partial charge in [0.25, 0.3) is 6.43 Å². The average molecular weight is 264 g/mol. The van der Waals surface area contributed by atoms with Crippen molar-refractivity contribution in [3.8, 4) is 0 Å². The smallest absolute Gasteiger partial charge is 0.261 e. The molecule has 0 radical (unpaired) electrons. The van der Waals surface area contributed by atoms with E-state index in [2.05, 4.69) is 17.1 Å². The molecule has 0 aromatic rings. The lowest BCUT2D eigenvalue weighted by Crippen LogP contribution is -2.41. The van der Waals surface area contributed by atoms with Gasteiger partial charge < -0.3 is 15.0 Å². The standard InChI is InChI=1S/C13H26F2N2O/c1-12(10-17-7-3-2-4-8-17)16-6-5-9-18-11-13(14)15/h12-13,16H,2-11H2,1H3. The Kier molecular flexibility index (Phi) is 8.46. The number of halogens is 2. The van der Waals surface area contributed by atoms with Crippen LogP contribution in [-0.2, 0) is 4.74 Å². The Morgan fingerprint density at radius 3 is 2.61 bits per heavy atom. The molecule has 108 valence electrons. The normalized spacial score (nSPS) is 19.3. The van der Waals surface area contributed by atoms with Crippen molar-refractivity contribution in [3.63, 3.8) is 0 Å². The second-order valence-electron chi connectivity index (χ2n) is 5.04. The van der Waals surface area contributed by atoms with E-state index in [0.717, 1.165) is 19.5 Å². The molecule has 3 nitrogen and oxygen atoms in total. The zero-order valence-electron chi connectivity index (χ0n) is 11.3. The van der Waals surface area contributed by atoms with Crippen LogP contribution in [0.2, 0.25) is 0 Å². The summed E-state index contributed by atoms with van der Waals surface area (Å²) >= 11 is 0. The predicted molar refractivity (Wildman–Crippen MR) is 69.2 cm³/mol. The highest BCUT2D eigenvalue weighted by Gasteiger charge is 2.12. The number of hydrogen-bond acceptors (Lipinski definition) is 3. The molecule has 1 rings (SSSR count). The van der Waals surface area contributed by atoms with Crippen LogP contribution in [0.1, 0.15) is 32.6 Å². The van der Waals surface area contributed by atoms with Crippen LogP contribution >= 0.6 is 0 Å². The van der Waals surface area contributed by atoms with E-state index in [1.807, 2.05) is 0 Å². The highest BCUT2D eigenvalue weighted by atomic mass is 19.3. The van der Waals surface area contributed by atoms with E-state index in [9.17, 15) is 8.78 Å². The van der Waals surface area contributed by atoms with Crippen molar-refractivity contribution in [2.75, 3.05) is 39.4 Å². The fourth-order valence-electron chi connectivity index (χ4n) is 2.29. The number of hydrogen-bond donors (Lipinski definition) is 1. The highest BCUT2D eigenvalue weighted by Crippen LogP contribution is 2.08. The number of nitrogens with zero attached hydrogens (tertiary/aromatic N) is 1. The van der Waals surface area contributed by atoms with Crippen molar-refractivity contribution in [2.24, 2.45) is 0 Å². The van der Waals surface area contributed by atoms with Crippen molar-refractivity contribution in [3.05, 3.63) is 0 Å². The average Bonchev–Trinajstić information content (AvgIpc) is 2.34. The lowest BCUT2D eigenvalue weighted by Gasteiger charge is -2.29. The van der Waals surface area contributed by atoms with Gasteiger partial charge in [-0.1, -0.05) is 6.42 Å². The molecule has 1 unspecified atom stereocenters. The molecule has 0 aromatic heterocycles. The van der Waals surface area contributed by atoms with Crippen LogP contribution in [0.25, 0.3) is 0 Å². The number of alkyl halides is 2. The first kappa shape index (κ1) is 15.8. The van der Waals surface area contributed by atoms with Gasteiger partial charge in [-0.3, -0.25) is 0 Å². The molecule has 1 heterocycles. The summed E-state index contributed by atoms with van der Waals surface area (Å²) in [6.45, 7) is 6.48. The van der Waals surface area contributed by atoms with Crippen LogP contribution in [0.5, 0.6) is 0 Å². The third-order valence-electron chi connectivity index (χ3n) is 3.18. The second kappa shape index (κ2) is 9.64. The Balaban J connectivity index is 1.91. The second-order valence-corrected chi connectivity index (χ2v) is 5.04. The first-order valence-electron chi connectivity index (χ1n) is 7.00. The lowest BCUT2D eigenvalue weighted by molar-refractivity contribution is 0.0166. The summed E-state index contributed by atoms with van der Waals surface area (Å²) in [5.74, 6) is 0. The van der Waals surface area contributed by atoms with Crippen LogP contribution in [0.4, 0.5) is 8.78 Å². The SMILES string of the molecule is CC(CN1CCCCC1)NCCCOCC(F)F. The largest absolute Gasteiger partial charge is 0.375 e. The number of likely N-dealkylation sites (tertiary alicyclic amines) is 1. The summed E-state index contributed by atoms with van der Waals surface area (Å²) in [7, 11) is 0. The van der Waals surface area contributed by atoms with Crippen LogP contribution in [0, 0.1) is 0 Å². The molecule has 1 N–H and O–H groups in total. The van der Waals surface area contributed by atoms with Crippen molar-refractivity contribution in [1.82, 2.24) is 10.2 Å². The van der Waals surface area contributed by atoms with Crippen molar-refractivity contribution < 1.29 is 13.5 Å². The Bertz CT molecular complexity index is 199. The van der Waals surface area contributed by atoms with Gasteiger partial charge in [0.2, 0.25) is 0 Å². The summed E-state index contributed by atoms with van der Waals surface area (Å²) in [4.78, 5) is 2.49. The molecule has 0 aromatic carbocycles. The Hall–Kier alpha value is -0.260. The summed E-state index contributed by atoms with van der Waals surface area (Å²) in [6, 6.07) is 0.457. The number of nitrogens with one attached hydrogen (secondary N) is 1. The molecule has 1 atom stereocenters. The zero-order chi connectivity index (χ0) is 13.2. The van der Waals surface area contributed by atoms with E-state index in [0.29, 0.717) is 12.6 Å². The van der Waals surface area contributed by atoms with Gasteiger partial charge in [-0.05, 0) is 45.8 Å². The molecular weight excluding hydrogens is 238 g/mol. The number of rotatable bonds is 9. The van der Waals surface area contributed by atoms with Crippen LogP contribution in [0.3, 0.4) is 0 Å². The van der Waals surface area contributed by atoms with Crippen LogP contribution < -0.4 is 5.32 Å². The van der Waals surface area contributed by atoms with Gasteiger partial charge in [-0.15, -0.1) is 0 Å². The fourth-order valence-corrected chi connectivity index (χ4v) is 2.29. The van der Waals surface area contributed by atoms with Crippen LogP contribution in [-0.4, -0.2) is 56.8 Å². The van der Waals surface area contributed by atoms with Gasteiger partial charge in [0.05, 0.1) is 0 Å². The molecule has 1 saturated heterocycles. The zero-order valence-corrected chi connectivity index (χ0v) is 11.3. The van der Waals surface area contributed by atoms with Gasteiger partial charge >= 0.3 is 0 Å². The highest BCUT2D eigenvalue weighted by molar-refractivity contribution is 4.71. The molecule has 1 fully saturated rings.